The summed E-state index contributed by atoms with van der Waals surface area (Å²) in [5, 5.41) is 0.715. The average Bonchev–Trinajstić information content (AvgIpc) is 2.10. The Morgan fingerprint density at radius 2 is 2.12 bits per heavy atom. The number of rotatable bonds is 3. The maximum absolute atomic E-state index is 10.7. The molecule has 4 heteroatoms. The zero-order valence-corrected chi connectivity index (χ0v) is 10.5. The number of halogens is 1. The first-order chi connectivity index (χ1) is 7.32. The van der Waals surface area contributed by atoms with Crippen molar-refractivity contribution in [3.63, 3.8) is 0 Å². The molecule has 2 N–H and O–H groups in total. The van der Waals surface area contributed by atoms with Gasteiger partial charge in [0.1, 0.15) is 5.60 Å². The van der Waals surface area contributed by atoms with Crippen molar-refractivity contribution in [2.45, 2.75) is 32.8 Å². The van der Waals surface area contributed by atoms with Crippen LogP contribution in [0.2, 0.25) is 5.02 Å². The molecule has 0 bridgehead atoms. The molecule has 0 aromatic heterocycles. The molecule has 0 saturated heterocycles. The Hall–Kier alpha value is -1.22. The van der Waals surface area contributed by atoms with E-state index in [0.29, 0.717) is 11.4 Å². The molecule has 0 atom stereocenters. The molecule has 16 heavy (non-hydrogen) atoms. The first kappa shape index (κ1) is 12.8. The maximum atomic E-state index is 10.7. The van der Waals surface area contributed by atoms with Gasteiger partial charge < -0.3 is 10.5 Å². The highest BCUT2D eigenvalue weighted by Crippen LogP contribution is 2.24. The van der Waals surface area contributed by atoms with Gasteiger partial charge in [-0.15, -0.1) is 0 Å². The summed E-state index contributed by atoms with van der Waals surface area (Å²) in [4.78, 5) is 10.7. The molecule has 0 fully saturated rings. The van der Waals surface area contributed by atoms with E-state index < -0.39 is 11.7 Å². The van der Waals surface area contributed by atoms with Crippen LogP contribution in [-0.4, -0.2) is 11.7 Å². The number of nitrogens with two attached hydrogens (primary N) is 1. The first-order valence-electron chi connectivity index (χ1n) is 5.04. The van der Waals surface area contributed by atoms with Gasteiger partial charge in [0.05, 0.1) is 0 Å². The van der Waals surface area contributed by atoms with E-state index in [9.17, 15) is 4.79 Å². The summed E-state index contributed by atoms with van der Waals surface area (Å²) in [5.74, 6) is 0. The molecule has 3 nitrogen and oxygen atoms in total. The zero-order valence-electron chi connectivity index (χ0n) is 9.71. The molecule has 0 radical (unpaired) electrons. The van der Waals surface area contributed by atoms with Crippen molar-refractivity contribution in [3.05, 3.63) is 34.3 Å². The molecule has 1 aromatic rings. The second-order valence-corrected chi connectivity index (χ2v) is 4.79. The predicted molar refractivity (Wildman–Crippen MR) is 64.6 cm³/mol. The Labute approximate surface area is 101 Å². The molecular formula is C12H16ClNO2. The smallest absolute Gasteiger partial charge is 0.405 e. The van der Waals surface area contributed by atoms with Crippen LogP contribution in [0.25, 0.3) is 0 Å². The highest BCUT2D eigenvalue weighted by Gasteiger charge is 2.23. The highest BCUT2D eigenvalue weighted by molar-refractivity contribution is 6.31. The van der Waals surface area contributed by atoms with Crippen molar-refractivity contribution in [1.82, 2.24) is 0 Å². The number of ether oxygens (including phenoxy) is 1. The van der Waals surface area contributed by atoms with E-state index in [2.05, 4.69) is 0 Å². The number of benzene rings is 1. The largest absolute Gasteiger partial charge is 0.443 e. The second kappa shape index (κ2) is 4.74. The molecule has 1 amide bonds. The Kier molecular flexibility index (Phi) is 3.81. The normalized spacial score (nSPS) is 11.2. The molecule has 0 spiro atoms. The third-order valence-electron chi connectivity index (χ3n) is 2.37. The number of amides is 1. The molecular weight excluding hydrogens is 226 g/mol. The van der Waals surface area contributed by atoms with E-state index in [0.717, 1.165) is 11.1 Å². The van der Waals surface area contributed by atoms with Gasteiger partial charge in [0.25, 0.3) is 0 Å². The summed E-state index contributed by atoms with van der Waals surface area (Å²) < 4.78 is 5.03. The highest BCUT2D eigenvalue weighted by atomic mass is 35.5. The minimum Gasteiger partial charge on any atom is -0.443 e. The molecule has 0 unspecified atom stereocenters. The van der Waals surface area contributed by atoms with E-state index >= 15 is 0 Å². The third-order valence-corrected chi connectivity index (χ3v) is 2.78. The SMILES string of the molecule is Cc1c(Cl)cccc1CC(C)(C)OC(N)=O. The quantitative estimate of drug-likeness (QED) is 0.884. The molecule has 0 aliphatic heterocycles. The molecule has 1 aromatic carbocycles. The third kappa shape index (κ3) is 3.42. The van der Waals surface area contributed by atoms with Crippen molar-refractivity contribution in [1.29, 1.82) is 0 Å². The lowest BCUT2D eigenvalue weighted by Gasteiger charge is -2.25. The number of carbonyl (C=O) groups excluding carboxylic acids is 1. The number of primary amides is 1. The summed E-state index contributed by atoms with van der Waals surface area (Å²) in [7, 11) is 0. The summed E-state index contributed by atoms with van der Waals surface area (Å²) >= 11 is 6.02. The standard InChI is InChI=1S/C12H16ClNO2/c1-8-9(5-4-6-10(8)13)7-12(2,3)16-11(14)15/h4-6H,7H2,1-3H3,(H2,14,15). The van der Waals surface area contributed by atoms with Gasteiger partial charge in [0, 0.05) is 11.4 Å². The van der Waals surface area contributed by atoms with Crippen LogP contribution < -0.4 is 5.73 Å². The summed E-state index contributed by atoms with van der Waals surface area (Å²) in [6.07, 6.45) is -0.174. The lowest BCUT2D eigenvalue weighted by atomic mass is 9.95. The fourth-order valence-corrected chi connectivity index (χ4v) is 1.80. The van der Waals surface area contributed by atoms with Gasteiger partial charge in [-0.25, -0.2) is 4.79 Å². The minimum atomic E-state index is -0.760. The van der Waals surface area contributed by atoms with Gasteiger partial charge in [-0.3, -0.25) is 0 Å². The summed E-state index contributed by atoms with van der Waals surface area (Å²) in [5.41, 5.74) is 6.45. The van der Waals surface area contributed by atoms with Crippen LogP contribution in [0.4, 0.5) is 4.79 Å². The summed E-state index contributed by atoms with van der Waals surface area (Å²) in [6, 6.07) is 5.68. The lowest BCUT2D eigenvalue weighted by Crippen LogP contribution is -2.33. The predicted octanol–water partition coefficient (Wildman–Crippen LogP) is 3.06. The number of hydrogen-bond acceptors (Lipinski definition) is 2. The Morgan fingerprint density at radius 3 is 2.69 bits per heavy atom. The topological polar surface area (TPSA) is 52.3 Å². The van der Waals surface area contributed by atoms with Crippen LogP contribution in [0.1, 0.15) is 25.0 Å². The monoisotopic (exact) mass is 241 g/mol. The second-order valence-electron chi connectivity index (χ2n) is 4.38. The zero-order chi connectivity index (χ0) is 12.3. The van der Waals surface area contributed by atoms with E-state index in [1.807, 2.05) is 39.0 Å². The molecule has 0 aliphatic carbocycles. The van der Waals surface area contributed by atoms with E-state index in [1.54, 1.807) is 0 Å². The van der Waals surface area contributed by atoms with Crippen LogP contribution in [0.5, 0.6) is 0 Å². The summed E-state index contributed by atoms with van der Waals surface area (Å²) in [6.45, 7) is 5.58. The van der Waals surface area contributed by atoms with Crippen molar-refractivity contribution >= 4 is 17.7 Å². The van der Waals surface area contributed by atoms with Crippen LogP contribution in [0, 0.1) is 6.92 Å². The Bertz CT molecular complexity index is 402. The van der Waals surface area contributed by atoms with Gasteiger partial charge >= 0.3 is 6.09 Å². The van der Waals surface area contributed by atoms with Gasteiger partial charge in [0.2, 0.25) is 0 Å². The first-order valence-corrected chi connectivity index (χ1v) is 5.42. The van der Waals surface area contributed by atoms with Crippen molar-refractivity contribution in [2.75, 3.05) is 0 Å². The minimum absolute atomic E-state index is 0.586. The fourth-order valence-electron chi connectivity index (χ4n) is 1.61. The van der Waals surface area contributed by atoms with E-state index in [1.165, 1.54) is 0 Å². The Morgan fingerprint density at radius 1 is 1.50 bits per heavy atom. The van der Waals surface area contributed by atoms with Crippen LogP contribution >= 0.6 is 11.6 Å². The van der Waals surface area contributed by atoms with Crippen molar-refractivity contribution < 1.29 is 9.53 Å². The van der Waals surface area contributed by atoms with Crippen LogP contribution in [-0.2, 0) is 11.2 Å². The number of carbonyl (C=O) groups is 1. The van der Waals surface area contributed by atoms with Gasteiger partial charge in [-0.05, 0) is 38.0 Å². The molecule has 0 saturated carbocycles. The van der Waals surface area contributed by atoms with Gasteiger partial charge in [0.15, 0.2) is 0 Å². The van der Waals surface area contributed by atoms with E-state index in [-0.39, 0.29) is 0 Å². The molecule has 88 valence electrons. The molecule has 0 aliphatic rings. The molecule has 1 rings (SSSR count). The van der Waals surface area contributed by atoms with Crippen molar-refractivity contribution in [3.8, 4) is 0 Å². The van der Waals surface area contributed by atoms with Gasteiger partial charge in [-0.1, -0.05) is 23.7 Å². The van der Waals surface area contributed by atoms with E-state index in [4.69, 9.17) is 22.1 Å². The Balaban J connectivity index is 2.87. The van der Waals surface area contributed by atoms with Crippen molar-refractivity contribution in [2.24, 2.45) is 5.73 Å². The number of hydrogen-bond donors (Lipinski definition) is 1. The maximum Gasteiger partial charge on any atom is 0.405 e. The van der Waals surface area contributed by atoms with Gasteiger partial charge in [-0.2, -0.15) is 0 Å². The lowest BCUT2D eigenvalue weighted by molar-refractivity contribution is 0.0459. The molecule has 0 heterocycles. The van der Waals surface area contributed by atoms with Crippen LogP contribution in [0.3, 0.4) is 0 Å². The van der Waals surface area contributed by atoms with Crippen LogP contribution in [0.15, 0.2) is 18.2 Å². The average molecular weight is 242 g/mol. The fraction of sp³-hybridized carbons (Fsp3) is 0.417.